The number of hydrogen-bond acceptors (Lipinski definition) is 4. The van der Waals surface area contributed by atoms with E-state index < -0.39 is 5.60 Å². The van der Waals surface area contributed by atoms with Crippen LogP contribution in [0.25, 0.3) is 0 Å². The van der Waals surface area contributed by atoms with E-state index in [4.69, 9.17) is 4.74 Å². The molecule has 0 bridgehead atoms. The van der Waals surface area contributed by atoms with Gasteiger partial charge in [0.2, 0.25) is 0 Å². The molecule has 1 aliphatic heterocycles. The number of carbonyl (C=O) groups excluding carboxylic acids is 1. The van der Waals surface area contributed by atoms with Crippen molar-refractivity contribution in [3.8, 4) is 0 Å². The third-order valence-electron chi connectivity index (χ3n) is 4.55. The van der Waals surface area contributed by atoms with Crippen LogP contribution in [0.15, 0.2) is 6.07 Å². The highest BCUT2D eigenvalue weighted by Crippen LogP contribution is 2.32. The molecule has 2 heterocycles. The zero-order chi connectivity index (χ0) is 14.9. The predicted octanol–water partition coefficient (Wildman–Crippen LogP) is 2.14. The van der Waals surface area contributed by atoms with Crippen LogP contribution in [-0.4, -0.2) is 36.4 Å². The van der Waals surface area contributed by atoms with Gasteiger partial charge < -0.3 is 15.2 Å². The van der Waals surface area contributed by atoms with Crippen molar-refractivity contribution in [3.05, 3.63) is 21.4 Å². The van der Waals surface area contributed by atoms with Crippen molar-refractivity contribution in [2.24, 2.45) is 5.92 Å². The molecule has 0 aromatic carbocycles. The van der Waals surface area contributed by atoms with Gasteiger partial charge in [0.05, 0.1) is 10.5 Å². The predicted molar refractivity (Wildman–Crippen MR) is 82.8 cm³/mol. The second kappa shape index (κ2) is 6.07. The normalized spacial score (nSPS) is 24.4. The number of thiophene rings is 1. The van der Waals surface area contributed by atoms with Crippen LogP contribution in [0.2, 0.25) is 0 Å². The molecule has 1 atom stereocenters. The van der Waals surface area contributed by atoms with Gasteiger partial charge in [-0.05, 0) is 36.8 Å². The molecular formula is C16H23NO3S. The first-order valence-electron chi connectivity index (χ1n) is 7.76. The standard InChI is InChI=1S/C16H23NO3S/c1-11-2-3-13-12(8-11)9-14(21-13)15(18)17-10-16(19)4-6-20-7-5-16/h9,11,19H,2-8,10H2,1H3,(H,17,18). The molecule has 4 nitrogen and oxygen atoms in total. The van der Waals surface area contributed by atoms with E-state index in [0.29, 0.717) is 38.5 Å². The quantitative estimate of drug-likeness (QED) is 0.899. The number of amides is 1. The maximum atomic E-state index is 12.3. The molecule has 2 aliphatic rings. The monoisotopic (exact) mass is 309 g/mol. The fourth-order valence-corrected chi connectivity index (χ4v) is 4.20. The third-order valence-corrected chi connectivity index (χ3v) is 5.79. The Morgan fingerprint density at radius 3 is 3.05 bits per heavy atom. The summed E-state index contributed by atoms with van der Waals surface area (Å²) in [6.07, 6.45) is 4.57. The number of rotatable bonds is 3. The Hall–Kier alpha value is -0.910. The van der Waals surface area contributed by atoms with Gasteiger partial charge in [0, 0.05) is 37.5 Å². The Labute approximate surface area is 129 Å². The zero-order valence-corrected chi connectivity index (χ0v) is 13.3. The van der Waals surface area contributed by atoms with Gasteiger partial charge in [-0.1, -0.05) is 6.92 Å². The van der Waals surface area contributed by atoms with E-state index >= 15 is 0 Å². The number of hydrogen-bond donors (Lipinski definition) is 2. The highest BCUT2D eigenvalue weighted by atomic mass is 32.1. The molecule has 1 aromatic heterocycles. The molecule has 1 aromatic rings. The Bertz CT molecular complexity index is 520. The second-order valence-electron chi connectivity index (χ2n) is 6.43. The Kier molecular flexibility index (Phi) is 4.33. The lowest BCUT2D eigenvalue weighted by molar-refractivity contribution is -0.0605. The fourth-order valence-electron chi connectivity index (χ4n) is 3.08. The first-order valence-corrected chi connectivity index (χ1v) is 8.57. The molecule has 1 amide bonds. The number of fused-ring (bicyclic) bond motifs is 1. The van der Waals surface area contributed by atoms with E-state index in [1.165, 1.54) is 16.9 Å². The van der Waals surface area contributed by atoms with Gasteiger partial charge in [0.25, 0.3) is 5.91 Å². The molecule has 1 saturated heterocycles. The van der Waals surface area contributed by atoms with Crippen molar-refractivity contribution in [2.75, 3.05) is 19.8 Å². The highest BCUT2D eigenvalue weighted by Gasteiger charge is 2.30. The van der Waals surface area contributed by atoms with E-state index in [-0.39, 0.29) is 5.91 Å². The summed E-state index contributed by atoms with van der Waals surface area (Å²) in [4.78, 5) is 14.4. The molecule has 21 heavy (non-hydrogen) atoms. The lowest BCUT2D eigenvalue weighted by Gasteiger charge is -2.31. The maximum absolute atomic E-state index is 12.3. The topological polar surface area (TPSA) is 58.6 Å². The van der Waals surface area contributed by atoms with Gasteiger partial charge in [-0.2, -0.15) is 0 Å². The average molecular weight is 309 g/mol. The van der Waals surface area contributed by atoms with Gasteiger partial charge in [-0.15, -0.1) is 11.3 Å². The van der Waals surface area contributed by atoms with E-state index in [0.717, 1.165) is 17.7 Å². The smallest absolute Gasteiger partial charge is 0.261 e. The minimum atomic E-state index is -0.806. The van der Waals surface area contributed by atoms with Crippen molar-refractivity contribution in [1.29, 1.82) is 0 Å². The highest BCUT2D eigenvalue weighted by molar-refractivity contribution is 7.14. The molecule has 1 fully saturated rings. The van der Waals surface area contributed by atoms with E-state index in [9.17, 15) is 9.90 Å². The lowest BCUT2D eigenvalue weighted by Crippen LogP contribution is -2.46. The summed E-state index contributed by atoms with van der Waals surface area (Å²) < 4.78 is 5.25. The molecule has 5 heteroatoms. The van der Waals surface area contributed by atoms with Gasteiger partial charge in [-0.25, -0.2) is 0 Å². The van der Waals surface area contributed by atoms with Crippen molar-refractivity contribution in [1.82, 2.24) is 5.32 Å². The zero-order valence-electron chi connectivity index (χ0n) is 12.5. The largest absolute Gasteiger partial charge is 0.388 e. The van der Waals surface area contributed by atoms with Crippen molar-refractivity contribution in [3.63, 3.8) is 0 Å². The number of nitrogens with one attached hydrogen (secondary N) is 1. The number of carbonyl (C=O) groups is 1. The molecule has 1 unspecified atom stereocenters. The van der Waals surface area contributed by atoms with Crippen LogP contribution in [0.4, 0.5) is 0 Å². The molecule has 1 aliphatic carbocycles. The fraction of sp³-hybridized carbons (Fsp3) is 0.688. The second-order valence-corrected chi connectivity index (χ2v) is 7.56. The summed E-state index contributed by atoms with van der Waals surface area (Å²) in [7, 11) is 0. The van der Waals surface area contributed by atoms with Gasteiger partial charge in [0.15, 0.2) is 0 Å². The molecular weight excluding hydrogens is 286 g/mol. The third kappa shape index (κ3) is 3.47. The van der Waals surface area contributed by atoms with Crippen LogP contribution < -0.4 is 5.32 Å². The summed E-state index contributed by atoms with van der Waals surface area (Å²) in [5, 5.41) is 13.3. The Morgan fingerprint density at radius 2 is 2.29 bits per heavy atom. The SMILES string of the molecule is CC1CCc2sc(C(=O)NCC3(O)CCOCC3)cc2C1. The van der Waals surface area contributed by atoms with Crippen LogP contribution in [-0.2, 0) is 17.6 Å². The summed E-state index contributed by atoms with van der Waals surface area (Å²) in [6, 6.07) is 2.04. The summed E-state index contributed by atoms with van der Waals surface area (Å²) in [6.45, 7) is 3.71. The molecule has 116 valence electrons. The first-order chi connectivity index (χ1) is 10.1. The van der Waals surface area contributed by atoms with Crippen LogP contribution in [0.3, 0.4) is 0 Å². The summed E-state index contributed by atoms with van der Waals surface area (Å²) in [5.74, 6) is 0.660. The summed E-state index contributed by atoms with van der Waals surface area (Å²) in [5.41, 5.74) is 0.535. The molecule has 0 spiro atoms. The van der Waals surface area contributed by atoms with Gasteiger partial charge in [-0.3, -0.25) is 4.79 Å². The number of ether oxygens (including phenoxy) is 1. The number of aliphatic hydroxyl groups is 1. The van der Waals surface area contributed by atoms with E-state index in [2.05, 4.69) is 12.2 Å². The van der Waals surface area contributed by atoms with Crippen molar-refractivity contribution in [2.45, 2.75) is 44.6 Å². The van der Waals surface area contributed by atoms with Crippen molar-refractivity contribution >= 4 is 17.2 Å². The number of aryl methyl sites for hydroxylation is 1. The minimum Gasteiger partial charge on any atom is -0.388 e. The van der Waals surface area contributed by atoms with Gasteiger partial charge >= 0.3 is 0 Å². The molecule has 0 radical (unpaired) electrons. The maximum Gasteiger partial charge on any atom is 0.261 e. The van der Waals surface area contributed by atoms with Crippen LogP contribution in [0.1, 0.15) is 46.3 Å². The molecule has 0 saturated carbocycles. The lowest BCUT2D eigenvalue weighted by atomic mass is 9.90. The Morgan fingerprint density at radius 1 is 1.52 bits per heavy atom. The molecule has 2 N–H and O–H groups in total. The van der Waals surface area contributed by atoms with Crippen molar-refractivity contribution < 1.29 is 14.6 Å². The van der Waals surface area contributed by atoms with E-state index in [1.54, 1.807) is 11.3 Å². The van der Waals surface area contributed by atoms with Crippen LogP contribution in [0, 0.1) is 5.92 Å². The van der Waals surface area contributed by atoms with E-state index in [1.807, 2.05) is 6.07 Å². The summed E-state index contributed by atoms with van der Waals surface area (Å²) >= 11 is 1.61. The van der Waals surface area contributed by atoms with Crippen LogP contribution >= 0.6 is 11.3 Å². The Balaban J connectivity index is 1.60. The average Bonchev–Trinajstić information content (AvgIpc) is 2.88. The van der Waals surface area contributed by atoms with Gasteiger partial charge in [0.1, 0.15) is 0 Å². The first kappa shape index (κ1) is 15.0. The minimum absolute atomic E-state index is 0.0537. The molecule has 3 rings (SSSR count). The van der Waals surface area contributed by atoms with Crippen LogP contribution in [0.5, 0.6) is 0 Å².